The standard InChI is InChI=1S/C25H18N2O4/c28-22(20-11-9-16-5-1-3-7-18(16)13-20)15-23(29)25(31)27-26-24(30)21-12-10-17-6-2-4-8-19(17)14-21/h1-15,28H,(H,26,30)(H,27,31)/b22-15-. The van der Waals surface area contributed by atoms with Crippen molar-refractivity contribution in [2.45, 2.75) is 0 Å². The van der Waals surface area contributed by atoms with Gasteiger partial charge in [-0.05, 0) is 39.7 Å². The van der Waals surface area contributed by atoms with Gasteiger partial charge in [-0.1, -0.05) is 66.7 Å². The van der Waals surface area contributed by atoms with E-state index in [2.05, 4.69) is 10.9 Å². The maximum Gasteiger partial charge on any atom is 0.310 e. The second-order valence-electron chi connectivity index (χ2n) is 6.93. The number of fused-ring (bicyclic) bond motifs is 2. The summed E-state index contributed by atoms with van der Waals surface area (Å²) in [7, 11) is 0. The molecule has 0 unspecified atom stereocenters. The summed E-state index contributed by atoms with van der Waals surface area (Å²) in [6.45, 7) is 0. The van der Waals surface area contributed by atoms with E-state index in [1.165, 1.54) is 0 Å². The molecule has 0 aliphatic rings. The molecule has 0 spiro atoms. The van der Waals surface area contributed by atoms with E-state index < -0.39 is 17.6 Å². The Bertz CT molecular complexity index is 1360. The third-order valence-electron chi connectivity index (χ3n) is 4.84. The number of carbonyl (C=O) groups excluding carboxylic acids is 3. The molecule has 6 heteroatoms. The smallest absolute Gasteiger partial charge is 0.310 e. The number of rotatable bonds is 4. The fourth-order valence-corrected chi connectivity index (χ4v) is 3.20. The van der Waals surface area contributed by atoms with Gasteiger partial charge in [0.25, 0.3) is 5.91 Å². The molecule has 0 aliphatic heterocycles. The van der Waals surface area contributed by atoms with Gasteiger partial charge in [0, 0.05) is 17.2 Å². The van der Waals surface area contributed by atoms with Crippen LogP contribution >= 0.6 is 0 Å². The molecule has 0 radical (unpaired) electrons. The molecule has 0 atom stereocenters. The lowest BCUT2D eigenvalue weighted by Crippen LogP contribution is -2.44. The fourth-order valence-electron chi connectivity index (χ4n) is 3.20. The molecule has 3 N–H and O–H groups in total. The summed E-state index contributed by atoms with van der Waals surface area (Å²) in [6.07, 6.45) is 0.821. The maximum atomic E-state index is 12.3. The van der Waals surface area contributed by atoms with Crippen LogP contribution in [0.4, 0.5) is 0 Å². The summed E-state index contributed by atoms with van der Waals surface area (Å²) in [5.41, 5.74) is 5.02. The second-order valence-corrected chi connectivity index (χ2v) is 6.93. The molecule has 6 nitrogen and oxygen atoms in total. The molecule has 0 aliphatic carbocycles. The first kappa shape index (κ1) is 19.8. The number of aliphatic hydroxyl groups is 1. The highest BCUT2D eigenvalue weighted by molar-refractivity contribution is 6.41. The average Bonchev–Trinajstić information content (AvgIpc) is 2.81. The number of nitrogens with one attached hydrogen (secondary N) is 2. The Labute approximate surface area is 177 Å². The first-order valence-corrected chi connectivity index (χ1v) is 9.54. The Morgan fingerprint density at radius 3 is 1.77 bits per heavy atom. The molecule has 4 rings (SSSR count). The molecule has 0 heterocycles. The van der Waals surface area contributed by atoms with E-state index in [1.54, 1.807) is 30.3 Å². The van der Waals surface area contributed by atoms with Crippen molar-refractivity contribution in [1.82, 2.24) is 10.9 Å². The lowest BCUT2D eigenvalue weighted by molar-refractivity contribution is -0.135. The Kier molecular flexibility index (Phi) is 5.45. The van der Waals surface area contributed by atoms with Gasteiger partial charge in [-0.2, -0.15) is 0 Å². The SMILES string of the molecule is O=C(/C=C(\O)c1ccc2ccccc2c1)C(=O)NNC(=O)c1ccc2ccccc2c1. The van der Waals surface area contributed by atoms with Crippen LogP contribution in [0, 0.1) is 0 Å². The van der Waals surface area contributed by atoms with Gasteiger partial charge in [0.2, 0.25) is 5.78 Å². The van der Waals surface area contributed by atoms with Crippen molar-refractivity contribution < 1.29 is 19.5 Å². The van der Waals surface area contributed by atoms with Crippen molar-refractivity contribution in [3.8, 4) is 0 Å². The molecule has 31 heavy (non-hydrogen) atoms. The Balaban J connectivity index is 1.41. The fraction of sp³-hybridized carbons (Fsp3) is 0. The molecule has 2 amide bonds. The topological polar surface area (TPSA) is 95.5 Å². The Hall–Kier alpha value is -4.45. The van der Waals surface area contributed by atoms with Crippen LogP contribution in [-0.2, 0) is 9.59 Å². The van der Waals surface area contributed by atoms with Crippen LogP contribution in [0.15, 0.2) is 91.0 Å². The molecule has 0 saturated heterocycles. The zero-order chi connectivity index (χ0) is 21.8. The van der Waals surface area contributed by atoms with Crippen LogP contribution in [0.2, 0.25) is 0 Å². The quantitative estimate of drug-likeness (QED) is 0.206. The Morgan fingerprint density at radius 1 is 0.645 bits per heavy atom. The van der Waals surface area contributed by atoms with Gasteiger partial charge in [-0.25, -0.2) is 0 Å². The third kappa shape index (κ3) is 4.43. The van der Waals surface area contributed by atoms with Crippen molar-refractivity contribution in [2.75, 3.05) is 0 Å². The molecule has 4 aromatic carbocycles. The van der Waals surface area contributed by atoms with Gasteiger partial charge in [0.05, 0.1) is 0 Å². The highest BCUT2D eigenvalue weighted by atomic mass is 16.3. The van der Waals surface area contributed by atoms with Gasteiger partial charge in [-0.15, -0.1) is 0 Å². The van der Waals surface area contributed by atoms with Crippen molar-refractivity contribution in [2.24, 2.45) is 0 Å². The lowest BCUT2D eigenvalue weighted by atomic mass is 10.1. The molecule has 0 aromatic heterocycles. The minimum atomic E-state index is -1.07. The normalized spacial score (nSPS) is 11.3. The number of carbonyl (C=O) groups is 3. The molecular formula is C25H18N2O4. The number of hydrogen-bond donors (Lipinski definition) is 3. The van der Waals surface area contributed by atoms with Crippen LogP contribution in [0.1, 0.15) is 15.9 Å². The number of benzene rings is 4. The largest absolute Gasteiger partial charge is 0.507 e. The highest BCUT2D eigenvalue weighted by Gasteiger charge is 2.15. The van der Waals surface area contributed by atoms with E-state index in [0.717, 1.165) is 27.6 Å². The minimum absolute atomic E-state index is 0.334. The van der Waals surface area contributed by atoms with Crippen LogP contribution in [0.3, 0.4) is 0 Å². The monoisotopic (exact) mass is 410 g/mol. The van der Waals surface area contributed by atoms with Crippen LogP contribution in [0.25, 0.3) is 27.3 Å². The summed E-state index contributed by atoms with van der Waals surface area (Å²) in [5, 5.41) is 14.0. The van der Waals surface area contributed by atoms with E-state index in [1.807, 2.05) is 54.6 Å². The van der Waals surface area contributed by atoms with Gasteiger partial charge in [0.1, 0.15) is 5.76 Å². The molecular weight excluding hydrogens is 392 g/mol. The molecule has 0 saturated carbocycles. The summed E-state index contributed by atoms with van der Waals surface area (Å²) < 4.78 is 0. The van der Waals surface area contributed by atoms with Crippen LogP contribution in [0.5, 0.6) is 0 Å². The number of aliphatic hydroxyl groups excluding tert-OH is 1. The third-order valence-corrected chi connectivity index (χ3v) is 4.84. The minimum Gasteiger partial charge on any atom is -0.507 e. The van der Waals surface area contributed by atoms with Crippen LogP contribution < -0.4 is 10.9 Å². The molecule has 0 bridgehead atoms. The van der Waals surface area contributed by atoms with Crippen LogP contribution in [-0.4, -0.2) is 22.7 Å². The van der Waals surface area contributed by atoms with E-state index in [-0.39, 0.29) is 5.76 Å². The second kappa shape index (κ2) is 8.51. The van der Waals surface area contributed by atoms with Crippen molar-refractivity contribution in [3.05, 3.63) is 102 Å². The molecule has 0 fully saturated rings. The van der Waals surface area contributed by atoms with Crippen molar-refractivity contribution in [3.63, 3.8) is 0 Å². The van der Waals surface area contributed by atoms with Crippen molar-refractivity contribution >= 4 is 44.9 Å². The van der Waals surface area contributed by atoms with Gasteiger partial charge < -0.3 is 5.11 Å². The predicted molar refractivity (Wildman–Crippen MR) is 119 cm³/mol. The number of hydrogen-bond acceptors (Lipinski definition) is 4. The van der Waals surface area contributed by atoms with Gasteiger partial charge in [-0.3, -0.25) is 25.2 Å². The van der Waals surface area contributed by atoms with E-state index >= 15 is 0 Å². The maximum absolute atomic E-state index is 12.3. The van der Waals surface area contributed by atoms with E-state index in [9.17, 15) is 19.5 Å². The van der Waals surface area contributed by atoms with Crippen molar-refractivity contribution in [1.29, 1.82) is 0 Å². The molecule has 152 valence electrons. The lowest BCUT2D eigenvalue weighted by Gasteiger charge is -2.07. The number of hydrazine groups is 1. The van der Waals surface area contributed by atoms with Gasteiger partial charge >= 0.3 is 5.91 Å². The number of ketones is 1. The summed E-state index contributed by atoms with van der Waals surface area (Å²) in [5.74, 6) is -2.97. The number of amides is 2. The summed E-state index contributed by atoms with van der Waals surface area (Å²) in [6, 6.07) is 25.4. The zero-order valence-electron chi connectivity index (χ0n) is 16.3. The zero-order valence-corrected chi connectivity index (χ0v) is 16.3. The first-order valence-electron chi connectivity index (χ1n) is 9.54. The summed E-state index contributed by atoms with van der Waals surface area (Å²) in [4.78, 5) is 36.4. The predicted octanol–water partition coefficient (Wildman–Crippen LogP) is 3.92. The highest BCUT2D eigenvalue weighted by Crippen LogP contribution is 2.20. The average molecular weight is 410 g/mol. The Morgan fingerprint density at radius 2 is 1.16 bits per heavy atom. The van der Waals surface area contributed by atoms with Gasteiger partial charge in [0.15, 0.2) is 0 Å². The van der Waals surface area contributed by atoms with E-state index in [4.69, 9.17) is 0 Å². The first-order chi connectivity index (χ1) is 15.0. The van der Waals surface area contributed by atoms with E-state index in [0.29, 0.717) is 11.1 Å². The summed E-state index contributed by atoms with van der Waals surface area (Å²) >= 11 is 0. The molecule has 4 aromatic rings.